The van der Waals surface area contributed by atoms with Gasteiger partial charge in [-0.05, 0) is 6.92 Å². The van der Waals surface area contributed by atoms with Gasteiger partial charge in [0.25, 0.3) is 0 Å². The minimum absolute atomic E-state index is 0. The minimum Gasteiger partial charge on any atom is -0.478 e. The number of carbonyl (C=O) groups excluding carboxylic acids is 1. The van der Waals surface area contributed by atoms with Crippen molar-refractivity contribution < 1.29 is 19.4 Å². The molecule has 0 saturated carbocycles. The van der Waals surface area contributed by atoms with Crippen LogP contribution in [0, 0.1) is 0 Å². The monoisotopic (exact) mass is 195 g/mol. The first-order valence-corrected chi connectivity index (χ1v) is 3.04. The number of carboxylic acid groups (broad SMARTS) is 1. The van der Waals surface area contributed by atoms with Crippen LogP contribution in [0.1, 0.15) is 6.92 Å². The number of methoxy groups -OCH3 is 1. The SMILES string of the molecule is C=C(C)C(=O)O.C=CC(=O)OC.[Na]. The van der Waals surface area contributed by atoms with Gasteiger partial charge in [-0.25, -0.2) is 9.59 Å². The summed E-state index contributed by atoms with van der Waals surface area (Å²) in [5.74, 6) is -1.33. The van der Waals surface area contributed by atoms with Crippen molar-refractivity contribution in [2.45, 2.75) is 6.92 Å². The molecule has 0 spiro atoms. The summed E-state index contributed by atoms with van der Waals surface area (Å²) in [5, 5.41) is 7.89. The summed E-state index contributed by atoms with van der Waals surface area (Å²) in [6.07, 6.45) is 1.11. The van der Waals surface area contributed by atoms with Crippen LogP contribution in [0.15, 0.2) is 24.8 Å². The third-order valence-corrected chi connectivity index (χ3v) is 0.733. The number of hydrogen-bond acceptors (Lipinski definition) is 3. The van der Waals surface area contributed by atoms with Gasteiger partial charge in [0.2, 0.25) is 0 Å². The van der Waals surface area contributed by atoms with Crippen LogP contribution < -0.4 is 0 Å². The minimum atomic E-state index is -0.935. The third-order valence-electron chi connectivity index (χ3n) is 0.733. The van der Waals surface area contributed by atoms with Gasteiger partial charge in [0, 0.05) is 41.2 Å². The number of carboxylic acids is 1. The fourth-order valence-electron chi connectivity index (χ4n) is 0.0833. The Labute approximate surface area is 99.6 Å². The zero-order chi connectivity index (χ0) is 10.1. The van der Waals surface area contributed by atoms with E-state index in [0.717, 1.165) is 6.08 Å². The second-order valence-electron chi connectivity index (χ2n) is 1.81. The van der Waals surface area contributed by atoms with E-state index in [9.17, 15) is 9.59 Å². The van der Waals surface area contributed by atoms with Crippen LogP contribution in [0.4, 0.5) is 0 Å². The zero-order valence-electron chi connectivity index (χ0n) is 8.16. The maximum absolute atomic E-state index is 9.84. The molecule has 0 fully saturated rings. The largest absolute Gasteiger partial charge is 0.478 e. The average Bonchev–Trinajstić information content (AvgIpc) is 2.04. The molecular weight excluding hydrogens is 183 g/mol. The van der Waals surface area contributed by atoms with Gasteiger partial charge in [0.05, 0.1) is 7.11 Å². The van der Waals surface area contributed by atoms with E-state index in [1.807, 2.05) is 0 Å². The Morgan fingerprint density at radius 1 is 1.46 bits per heavy atom. The molecule has 0 unspecified atom stereocenters. The standard InChI is InChI=1S/2C4H6O2.Na/c1-3-4(5)6-2;1-3(2)4(5)6;/h3H,1H2,2H3;1H2,2H3,(H,5,6);. The van der Waals surface area contributed by atoms with Gasteiger partial charge >= 0.3 is 11.9 Å². The fourth-order valence-corrected chi connectivity index (χ4v) is 0.0833. The number of esters is 1. The Bertz CT molecular complexity index is 184. The first-order chi connectivity index (χ1) is 5.45. The molecule has 0 rings (SSSR count). The van der Waals surface area contributed by atoms with E-state index in [4.69, 9.17) is 5.11 Å². The van der Waals surface area contributed by atoms with Gasteiger partial charge in [0.15, 0.2) is 0 Å². The summed E-state index contributed by atoms with van der Waals surface area (Å²) < 4.78 is 4.14. The number of ether oxygens (including phenoxy) is 1. The summed E-state index contributed by atoms with van der Waals surface area (Å²) in [6, 6.07) is 0. The van der Waals surface area contributed by atoms with Gasteiger partial charge in [0.1, 0.15) is 0 Å². The molecule has 13 heavy (non-hydrogen) atoms. The Morgan fingerprint density at radius 2 is 1.77 bits per heavy atom. The zero-order valence-corrected chi connectivity index (χ0v) is 10.2. The van der Waals surface area contributed by atoms with Crippen molar-refractivity contribution >= 4 is 41.5 Å². The molecule has 1 radical (unpaired) electrons. The summed E-state index contributed by atoms with van der Waals surface area (Å²) in [4.78, 5) is 19.4. The Kier molecular flexibility index (Phi) is 16.0. The van der Waals surface area contributed by atoms with E-state index in [2.05, 4.69) is 17.9 Å². The Morgan fingerprint density at radius 3 is 1.77 bits per heavy atom. The summed E-state index contributed by atoms with van der Waals surface area (Å²) in [7, 11) is 1.31. The molecule has 0 aromatic carbocycles. The number of carbonyl (C=O) groups is 2. The van der Waals surface area contributed by atoms with E-state index in [1.165, 1.54) is 14.0 Å². The van der Waals surface area contributed by atoms with E-state index >= 15 is 0 Å². The van der Waals surface area contributed by atoms with Crippen molar-refractivity contribution in [3.63, 3.8) is 0 Å². The van der Waals surface area contributed by atoms with E-state index in [0.29, 0.717) is 0 Å². The van der Waals surface area contributed by atoms with Crippen LogP contribution in [0.3, 0.4) is 0 Å². The third kappa shape index (κ3) is 18.4. The van der Waals surface area contributed by atoms with Gasteiger partial charge in [-0.15, -0.1) is 0 Å². The second-order valence-corrected chi connectivity index (χ2v) is 1.81. The van der Waals surface area contributed by atoms with Crippen LogP contribution in [0.5, 0.6) is 0 Å². The van der Waals surface area contributed by atoms with Gasteiger partial charge in [-0.2, -0.15) is 0 Å². The quantitative estimate of drug-likeness (QED) is 0.398. The number of rotatable bonds is 2. The Hall–Kier alpha value is -0.580. The summed E-state index contributed by atoms with van der Waals surface area (Å²) in [6.45, 7) is 7.76. The Balaban J connectivity index is -0.000000143. The summed E-state index contributed by atoms with van der Waals surface area (Å²) in [5.41, 5.74) is 0.176. The number of aliphatic carboxylic acids is 1. The molecular formula is C8H12NaO4. The van der Waals surface area contributed by atoms with Gasteiger partial charge in [-0.1, -0.05) is 13.2 Å². The predicted octanol–water partition coefficient (Wildman–Crippen LogP) is 0.612. The van der Waals surface area contributed by atoms with Crippen molar-refractivity contribution in [2.24, 2.45) is 0 Å². The molecule has 0 amide bonds. The van der Waals surface area contributed by atoms with Crippen molar-refractivity contribution in [2.75, 3.05) is 7.11 Å². The smallest absolute Gasteiger partial charge is 0.330 e. The van der Waals surface area contributed by atoms with E-state index in [-0.39, 0.29) is 35.1 Å². The van der Waals surface area contributed by atoms with Crippen molar-refractivity contribution in [3.8, 4) is 0 Å². The molecule has 0 saturated heterocycles. The fraction of sp³-hybridized carbons (Fsp3) is 0.250. The molecule has 0 aromatic heterocycles. The van der Waals surface area contributed by atoms with Crippen molar-refractivity contribution in [1.82, 2.24) is 0 Å². The normalized spacial score (nSPS) is 6.62. The molecule has 0 aliphatic heterocycles. The van der Waals surface area contributed by atoms with E-state index < -0.39 is 11.9 Å². The maximum Gasteiger partial charge on any atom is 0.330 e. The van der Waals surface area contributed by atoms with Crippen LogP contribution in [-0.2, 0) is 14.3 Å². The molecule has 1 N–H and O–H groups in total. The molecule has 5 heteroatoms. The first-order valence-electron chi connectivity index (χ1n) is 3.04. The molecule has 69 valence electrons. The molecule has 4 nitrogen and oxygen atoms in total. The number of hydrogen-bond donors (Lipinski definition) is 1. The second kappa shape index (κ2) is 11.4. The van der Waals surface area contributed by atoms with E-state index in [1.54, 1.807) is 0 Å². The summed E-state index contributed by atoms with van der Waals surface area (Å²) >= 11 is 0. The van der Waals surface area contributed by atoms with Crippen molar-refractivity contribution in [3.05, 3.63) is 24.8 Å². The molecule has 0 heterocycles. The molecule has 0 bridgehead atoms. The van der Waals surface area contributed by atoms with Crippen molar-refractivity contribution in [1.29, 1.82) is 0 Å². The maximum atomic E-state index is 9.84. The van der Waals surface area contributed by atoms with Crippen LogP contribution in [0.2, 0.25) is 0 Å². The van der Waals surface area contributed by atoms with Crippen LogP contribution in [0.25, 0.3) is 0 Å². The molecule has 0 aliphatic rings. The first kappa shape index (κ1) is 18.3. The molecule has 0 aliphatic carbocycles. The van der Waals surface area contributed by atoms with Crippen LogP contribution in [-0.4, -0.2) is 53.7 Å². The van der Waals surface area contributed by atoms with Gasteiger partial charge < -0.3 is 9.84 Å². The topological polar surface area (TPSA) is 63.6 Å². The van der Waals surface area contributed by atoms with Gasteiger partial charge in [-0.3, -0.25) is 0 Å². The van der Waals surface area contributed by atoms with Crippen LogP contribution >= 0.6 is 0 Å². The molecule has 0 aromatic rings. The average molecular weight is 195 g/mol. The molecule has 0 atom stereocenters. The predicted molar refractivity (Wildman–Crippen MR) is 50.4 cm³/mol.